The summed E-state index contributed by atoms with van der Waals surface area (Å²) in [5.74, 6) is -2.29. The Morgan fingerprint density at radius 1 is 1.13 bits per heavy atom. The molecule has 5 rings (SSSR count). The Bertz CT molecular complexity index is 1950. The van der Waals surface area contributed by atoms with Crippen molar-refractivity contribution in [2.45, 2.75) is 101 Å². The fraction of sp³-hybridized carbons (Fsp3) is 0.643. The summed E-state index contributed by atoms with van der Waals surface area (Å²) >= 11 is 0. The molecule has 0 radical (unpaired) electrons. The Balaban J connectivity index is 1.40. The smallest absolute Gasteiger partial charge is 0.415 e. The molecule has 6 N–H and O–H groups in total. The molecule has 2 unspecified atom stereocenters. The highest BCUT2D eigenvalue weighted by atomic mass is 16.6. The normalized spacial score (nSPS) is 23.5. The summed E-state index contributed by atoms with van der Waals surface area (Å²) in [6.45, 7) is 6.21. The average molecular weight is 855 g/mol. The maximum atomic E-state index is 14.3. The van der Waals surface area contributed by atoms with Gasteiger partial charge in [-0.1, -0.05) is 6.07 Å². The quantitative estimate of drug-likeness (QED) is 0.0615. The second-order valence-electron chi connectivity index (χ2n) is 17.3. The lowest BCUT2D eigenvalue weighted by Crippen LogP contribution is -2.74. The number of nitrogens with one attached hydrogen (secondary N) is 3. The predicted octanol–water partition coefficient (Wildman–Crippen LogP) is 0.352. The summed E-state index contributed by atoms with van der Waals surface area (Å²) in [4.78, 5) is 87.6. The van der Waals surface area contributed by atoms with Crippen LogP contribution in [-0.2, 0) is 45.3 Å². The van der Waals surface area contributed by atoms with Crippen LogP contribution in [0.1, 0.15) is 70.9 Å². The monoisotopic (exact) mass is 854 g/mol. The molecule has 1 spiro atoms. The number of carbonyl (C=O) groups is 6. The molecule has 61 heavy (non-hydrogen) atoms. The number of methoxy groups -OCH3 is 1. The van der Waals surface area contributed by atoms with Crippen LogP contribution >= 0.6 is 0 Å². The van der Waals surface area contributed by atoms with Gasteiger partial charge < -0.3 is 55.5 Å². The molecule has 2 heterocycles. The number of benzene rings is 1. The molecule has 0 aromatic heterocycles. The van der Waals surface area contributed by atoms with Crippen molar-refractivity contribution < 1.29 is 52.8 Å². The number of ketones is 1. The van der Waals surface area contributed by atoms with Gasteiger partial charge in [-0.25, -0.2) is 4.79 Å². The van der Waals surface area contributed by atoms with Gasteiger partial charge in [-0.15, -0.1) is 0 Å². The standard InChI is InChI=1S/C42H62N8O11/c1-24(51)46-21-27(52)19-26(11-10-17-45-38(43)44-5)36(54)47-22-28(37(55)49(7)23-32(53)61-40(2,3)4)50(8)39(56)59-30-14-15-42(57)31-20-25-12-13-29(58-9)34-33(25)41(42,35(30)60-34)16-18-48(31)6/h12-14,26,28,31,35,57H,10-11,15-23H2,1-9H3,(H,46,51)(H,47,54)(H3,43,44,45)/t26?,28-,31?,35-,41-,42+/m0/s1. The highest BCUT2D eigenvalue weighted by Crippen LogP contribution is 2.65. The number of likely N-dealkylation sites (N-methyl/N-ethyl adjacent to an activating group) is 3. The zero-order valence-electron chi connectivity index (χ0n) is 36.7. The first-order valence-corrected chi connectivity index (χ1v) is 20.6. The second-order valence-corrected chi connectivity index (χ2v) is 17.3. The van der Waals surface area contributed by atoms with E-state index in [1.165, 1.54) is 35.2 Å². The molecular formula is C42H62N8O11. The van der Waals surface area contributed by atoms with Gasteiger partial charge in [-0.05, 0) is 77.8 Å². The van der Waals surface area contributed by atoms with E-state index < -0.39 is 77.6 Å². The van der Waals surface area contributed by atoms with E-state index in [0.29, 0.717) is 43.9 Å². The average Bonchev–Trinajstić information content (AvgIpc) is 3.55. The highest BCUT2D eigenvalue weighted by molar-refractivity contribution is 5.91. The molecule has 6 atom stereocenters. The largest absolute Gasteiger partial charge is 0.493 e. The van der Waals surface area contributed by atoms with Crippen LogP contribution in [0.4, 0.5) is 4.79 Å². The first kappa shape index (κ1) is 46.6. The third-order valence-electron chi connectivity index (χ3n) is 12.1. The molecular weight excluding hydrogens is 793 g/mol. The van der Waals surface area contributed by atoms with Crippen molar-refractivity contribution in [3.05, 3.63) is 35.1 Å². The van der Waals surface area contributed by atoms with Crippen molar-refractivity contribution in [3.63, 3.8) is 0 Å². The minimum atomic E-state index is -1.41. The molecule has 2 bridgehead atoms. The Hall–Kier alpha value is -5.43. The van der Waals surface area contributed by atoms with Crippen LogP contribution in [0.2, 0.25) is 0 Å². The number of aliphatic hydroxyl groups is 1. The highest BCUT2D eigenvalue weighted by Gasteiger charge is 2.72. The lowest BCUT2D eigenvalue weighted by molar-refractivity contribution is -0.163. The number of esters is 1. The summed E-state index contributed by atoms with van der Waals surface area (Å²) in [5.41, 5.74) is 4.56. The molecule has 1 aromatic rings. The van der Waals surface area contributed by atoms with Crippen LogP contribution in [0.15, 0.2) is 29.0 Å². The van der Waals surface area contributed by atoms with E-state index >= 15 is 0 Å². The Morgan fingerprint density at radius 2 is 1.85 bits per heavy atom. The van der Waals surface area contributed by atoms with Crippen LogP contribution in [0, 0.1) is 5.92 Å². The maximum absolute atomic E-state index is 14.3. The summed E-state index contributed by atoms with van der Waals surface area (Å²) in [7, 11) is 7.76. The number of nitrogens with two attached hydrogens (primary N) is 1. The summed E-state index contributed by atoms with van der Waals surface area (Å²) < 4.78 is 23.9. The van der Waals surface area contributed by atoms with Gasteiger partial charge in [0, 0.05) is 71.5 Å². The van der Waals surface area contributed by atoms with Crippen LogP contribution in [-0.4, -0.2) is 159 Å². The molecule has 1 saturated heterocycles. The molecule has 4 aliphatic rings. The Morgan fingerprint density at radius 3 is 2.51 bits per heavy atom. The van der Waals surface area contributed by atoms with Crippen molar-refractivity contribution in [3.8, 4) is 11.5 Å². The number of hydrogen-bond donors (Lipinski definition) is 5. The SMILES string of the molecule is CN=C(N)NCCCC(CC(=O)CNC(C)=O)C(=O)NC[C@@H](C(=O)N(C)CC(=O)OC(C)(C)C)N(C)C(=O)OC1=CC[C@@]2(O)C3Cc4ccc(OC)c5c4[C@@]2(CCN3C)[C@H]1O5. The van der Waals surface area contributed by atoms with Gasteiger partial charge in [0.2, 0.25) is 17.7 Å². The van der Waals surface area contributed by atoms with Crippen LogP contribution in [0.3, 0.4) is 0 Å². The van der Waals surface area contributed by atoms with Gasteiger partial charge in [0.1, 0.15) is 23.9 Å². The van der Waals surface area contributed by atoms with E-state index in [-0.39, 0.29) is 49.4 Å². The van der Waals surface area contributed by atoms with Gasteiger partial charge >= 0.3 is 12.1 Å². The van der Waals surface area contributed by atoms with E-state index in [4.69, 9.17) is 24.7 Å². The van der Waals surface area contributed by atoms with Crippen LogP contribution in [0.5, 0.6) is 11.5 Å². The number of carbonyl (C=O) groups excluding carboxylic acids is 6. The van der Waals surface area contributed by atoms with Crippen molar-refractivity contribution in [2.24, 2.45) is 16.6 Å². The predicted molar refractivity (Wildman–Crippen MR) is 223 cm³/mol. The van der Waals surface area contributed by atoms with Crippen molar-refractivity contribution >= 4 is 41.5 Å². The molecule has 1 fully saturated rings. The number of Topliss-reactive ketones (excluding diaryl/α,β-unsaturated/α-hetero) is 1. The zero-order chi connectivity index (χ0) is 45.0. The fourth-order valence-corrected chi connectivity index (χ4v) is 9.06. The number of likely N-dealkylation sites (tertiary alicyclic amines) is 1. The number of piperidine rings is 1. The van der Waals surface area contributed by atoms with Gasteiger partial charge in [0.05, 0.1) is 24.7 Å². The molecule has 0 saturated carbocycles. The number of aliphatic imine (C=N–C) groups is 1. The van der Waals surface area contributed by atoms with Crippen LogP contribution < -0.4 is 31.2 Å². The topological polar surface area (TPSA) is 244 Å². The lowest BCUT2D eigenvalue weighted by atomic mass is 9.50. The third-order valence-corrected chi connectivity index (χ3v) is 12.1. The molecule has 19 heteroatoms. The van der Waals surface area contributed by atoms with Gasteiger partial charge in [-0.3, -0.25) is 33.9 Å². The van der Waals surface area contributed by atoms with E-state index in [2.05, 4.69) is 25.8 Å². The summed E-state index contributed by atoms with van der Waals surface area (Å²) in [6, 6.07) is 2.19. The number of rotatable bonds is 17. The number of guanidine groups is 1. The first-order chi connectivity index (χ1) is 28.7. The minimum absolute atomic E-state index is 0.161. The Kier molecular flexibility index (Phi) is 14.3. The third kappa shape index (κ3) is 9.72. The van der Waals surface area contributed by atoms with E-state index in [1.54, 1.807) is 26.8 Å². The maximum Gasteiger partial charge on any atom is 0.415 e. The summed E-state index contributed by atoms with van der Waals surface area (Å²) in [5, 5.41) is 20.7. The zero-order valence-corrected chi connectivity index (χ0v) is 36.7. The number of ether oxygens (including phenoxy) is 4. The number of nitrogens with zero attached hydrogens (tertiary/aromatic N) is 4. The molecule has 2 aliphatic carbocycles. The summed E-state index contributed by atoms with van der Waals surface area (Å²) in [6.07, 6.45) is 1.49. The first-order valence-electron chi connectivity index (χ1n) is 20.6. The van der Waals surface area contributed by atoms with E-state index in [1.807, 2.05) is 19.2 Å². The molecule has 2 aliphatic heterocycles. The number of amides is 4. The molecule has 19 nitrogen and oxygen atoms in total. The minimum Gasteiger partial charge on any atom is -0.493 e. The lowest BCUT2D eigenvalue weighted by Gasteiger charge is -2.61. The molecule has 4 amide bonds. The van der Waals surface area contributed by atoms with Gasteiger partial charge in [0.25, 0.3) is 0 Å². The van der Waals surface area contributed by atoms with Gasteiger partial charge in [0.15, 0.2) is 29.3 Å². The fourth-order valence-electron chi connectivity index (χ4n) is 9.06. The van der Waals surface area contributed by atoms with Crippen molar-refractivity contribution in [1.82, 2.24) is 30.7 Å². The number of hydrogen-bond acceptors (Lipinski definition) is 13. The van der Waals surface area contributed by atoms with E-state index in [0.717, 1.165) is 20.9 Å². The van der Waals surface area contributed by atoms with Gasteiger partial charge in [-0.2, -0.15) is 0 Å². The Labute approximate surface area is 356 Å². The van der Waals surface area contributed by atoms with Crippen molar-refractivity contribution in [2.75, 3.05) is 68.0 Å². The second kappa shape index (κ2) is 18.7. The van der Waals surface area contributed by atoms with E-state index in [9.17, 15) is 33.9 Å². The molecule has 1 aromatic carbocycles. The molecule has 336 valence electrons. The van der Waals surface area contributed by atoms with Crippen LogP contribution in [0.25, 0.3) is 0 Å². The van der Waals surface area contributed by atoms with Crippen molar-refractivity contribution in [1.29, 1.82) is 0 Å².